The van der Waals surface area contributed by atoms with Crippen molar-refractivity contribution in [2.45, 2.75) is 23.3 Å². The van der Waals surface area contributed by atoms with E-state index >= 15 is 0 Å². The average molecular weight is 468 g/mol. The largest absolute Gasteiger partial charge is 0.497 e. The third-order valence-corrected chi connectivity index (χ3v) is 7.05. The van der Waals surface area contributed by atoms with Crippen LogP contribution in [0.25, 0.3) is 10.9 Å². The molecule has 0 unspecified atom stereocenters. The van der Waals surface area contributed by atoms with E-state index < -0.39 is 26.0 Å². The van der Waals surface area contributed by atoms with Gasteiger partial charge in [-0.3, -0.25) is 4.79 Å². The third kappa shape index (κ3) is 4.34. The highest BCUT2D eigenvalue weighted by Crippen LogP contribution is 2.26. The van der Waals surface area contributed by atoms with Crippen LogP contribution in [-0.2, 0) is 16.4 Å². The maximum absolute atomic E-state index is 14.3. The summed E-state index contributed by atoms with van der Waals surface area (Å²) >= 11 is 0. The van der Waals surface area contributed by atoms with Gasteiger partial charge in [0.2, 0.25) is 15.3 Å². The molecule has 0 N–H and O–H groups in total. The van der Waals surface area contributed by atoms with E-state index in [1.807, 2.05) is 6.92 Å². The minimum absolute atomic E-state index is 0.0391. The second-order valence-corrected chi connectivity index (χ2v) is 9.25. The summed E-state index contributed by atoms with van der Waals surface area (Å²) in [6.45, 7) is 2.31. The molecule has 4 aromatic rings. The van der Waals surface area contributed by atoms with Crippen LogP contribution in [0.15, 0.2) is 87.5 Å². The molecule has 0 aliphatic carbocycles. The van der Waals surface area contributed by atoms with Gasteiger partial charge in [0.15, 0.2) is 0 Å². The molecule has 0 aliphatic heterocycles. The number of fused-ring (bicyclic) bond motifs is 1. The van der Waals surface area contributed by atoms with Gasteiger partial charge < -0.3 is 14.0 Å². The highest BCUT2D eigenvalue weighted by molar-refractivity contribution is 7.91. The Bertz CT molecular complexity index is 1480. The molecule has 0 saturated carbocycles. The zero-order valence-corrected chi connectivity index (χ0v) is 18.9. The molecule has 0 fully saturated rings. The lowest BCUT2D eigenvalue weighted by molar-refractivity contribution is 0.340. The Balaban J connectivity index is 1.93. The van der Waals surface area contributed by atoms with E-state index in [4.69, 9.17) is 9.47 Å². The highest BCUT2D eigenvalue weighted by Gasteiger charge is 2.24. The second kappa shape index (κ2) is 9.07. The van der Waals surface area contributed by atoms with Crippen LogP contribution in [0.5, 0.6) is 11.5 Å². The lowest BCUT2D eigenvalue weighted by Gasteiger charge is -2.15. The first kappa shape index (κ1) is 22.5. The quantitative estimate of drug-likeness (QED) is 0.402. The van der Waals surface area contributed by atoms with Gasteiger partial charge in [-0.15, -0.1) is 0 Å². The molecule has 1 heterocycles. The predicted octanol–water partition coefficient (Wildman–Crippen LogP) is 4.43. The number of hydrogen-bond donors (Lipinski definition) is 0. The van der Waals surface area contributed by atoms with Gasteiger partial charge in [0.25, 0.3) is 0 Å². The molecule has 0 saturated heterocycles. The van der Waals surface area contributed by atoms with Gasteiger partial charge in [0, 0.05) is 11.8 Å². The predicted molar refractivity (Wildman–Crippen MR) is 123 cm³/mol. The van der Waals surface area contributed by atoms with Crippen molar-refractivity contribution in [1.82, 2.24) is 4.57 Å². The minimum atomic E-state index is -4.16. The van der Waals surface area contributed by atoms with Crippen molar-refractivity contribution in [2.75, 3.05) is 13.7 Å². The number of hydrogen-bond acceptors (Lipinski definition) is 5. The van der Waals surface area contributed by atoms with E-state index in [9.17, 15) is 17.6 Å². The maximum Gasteiger partial charge on any atom is 0.211 e. The SMILES string of the molecule is CCOc1ccc(S(=O)(=O)c2cn(Cc3ccccc3F)c3ccc(OC)cc3c2=O)cc1. The summed E-state index contributed by atoms with van der Waals surface area (Å²) in [6.07, 6.45) is 1.27. The van der Waals surface area contributed by atoms with Crippen molar-refractivity contribution in [3.05, 3.63) is 94.5 Å². The van der Waals surface area contributed by atoms with Crippen molar-refractivity contribution in [1.29, 1.82) is 0 Å². The molecule has 6 nitrogen and oxygen atoms in total. The number of nitrogens with zero attached hydrogens (tertiary/aromatic N) is 1. The zero-order chi connectivity index (χ0) is 23.6. The molecular formula is C25H22FNO5S. The maximum atomic E-state index is 14.3. The summed E-state index contributed by atoms with van der Waals surface area (Å²) < 4.78 is 53.4. The van der Waals surface area contributed by atoms with Gasteiger partial charge in [-0.25, -0.2) is 12.8 Å². The van der Waals surface area contributed by atoms with Crippen LogP contribution in [0.1, 0.15) is 12.5 Å². The molecule has 0 atom stereocenters. The van der Waals surface area contributed by atoms with Gasteiger partial charge in [-0.1, -0.05) is 18.2 Å². The Hall–Kier alpha value is -3.65. The summed E-state index contributed by atoms with van der Waals surface area (Å²) in [7, 11) is -2.70. The molecule has 33 heavy (non-hydrogen) atoms. The average Bonchev–Trinajstić information content (AvgIpc) is 2.82. The van der Waals surface area contributed by atoms with Crippen LogP contribution in [0, 0.1) is 5.82 Å². The number of methoxy groups -OCH3 is 1. The summed E-state index contributed by atoms with van der Waals surface area (Å²) in [6, 6.07) is 16.9. The molecule has 0 radical (unpaired) electrons. The molecule has 170 valence electrons. The summed E-state index contributed by atoms with van der Waals surface area (Å²) in [5.74, 6) is 0.512. The summed E-state index contributed by atoms with van der Waals surface area (Å²) in [5, 5.41) is 0.165. The van der Waals surface area contributed by atoms with Crippen molar-refractivity contribution in [3.63, 3.8) is 0 Å². The van der Waals surface area contributed by atoms with Gasteiger partial charge in [-0.2, -0.15) is 0 Å². The van der Waals surface area contributed by atoms with Crippen LogP contribution in [-0.4, -0.2) is 26.7 Å². The number of sulfone groups is 1. The molecule has 0 bridgehead atoms. The van der Waals surface area contributed by atoms with Crippen LogP contribution in [0.2, 0.25) is 0 Å². The van der Waals surface area contributed by atoms with Gasteiger partial charge in [0.1, 0.15) is 22.2 Å². The Morgan fingerprint density at radius 1 is 0.970 bits per heavy atom. The van der Waals surface area contributed by atoms with E-state index in [0.717, 1.165) is 0 Å². The van der Waals surface area contributed by atoms with Crippen molar-refractivity contribution in [2.24, 2.45) is 0 Å². The number of aromatic nitrogens is 1. The molecule has 4 rings (SSSR count). The standard InChI is InChI=1S/C25H22FNO5S/c1-3-32-18-8-11-20(12-9-18)33(29,30)24-16-27(15-17-6-4-5-7-22(17)26)23-13-10-19(31-2)14-21(23)25(24)28/h4-14,16H,3,15H2,1-2H3. The Morgan fingerprint density at radius 3 is 2.33 bits per heavy atom. The molecule has 3 aromatic carbocycles. The fraction of sp³-hybridized carbons (Fsp3) is 0.160. The van der Waals surface area contributed by atoms with Crippen LogP contribution < -0.4 is 14.9 Å². The van der Waals surface area contributed by atoms with Gasteiger partial charge in [-0.05, 0) is 55.5 Å². The number of ether oxygens (including phenoxy) is 2. The normalized spacial score (nSPS) is 11.5. The van der Waals surface area contributed by atoms with Crippen molar-refractivity contribution < 1.29 is 22.3 Å². The summed E-state index contributed by atoms with van der Waals surface area (Å²) in [4.78, 5) is 12.9. The van der Waals surface area contributed by atoms with Crippen LogP contribution in [0.3, 0.4) is 0 Å². The molecule has 1 aromatic heterocycles. The first-order valence-corrected chi connectivity index (χ1v) is 11.8. The molecular weight excluding hydrogens is 445 g/mol. The Morgan fingerprint density at radius 2 is 1.67 bits per heavy atom. The van der Waals surface area contributed by atoms with E-state index in [2.05, 4.69) is 0 Å². The molecule has 0 spiro atoms. The number of benzene rings is 3. The van der Waals surface area contributed by atoms with E-state index in [-0.39, 0.29) is 16.8 Å². The Labute approximate surface area is 190 Å². The van der Waals surface area contributed by atoms with Crippen molar-refractivity contribution in [3.8, 4) is 11.5 Å². The molecule has 0 aliphatic rings. The smallest absolute Gasteiger partial charge is 0.211 e. The van der Waals surface area contributed by atoms with Crippen molar-refractivity contribution >= 4 is 20.7 Å². The fourth-order valence-electron chi connectivity index (χ4n) is 3.62. The summed E-state index contributed by atoms with van der Waals surface area (Å²) in [5.41, 5.74) is 0.181. The number of halogens is 1. The third-order valence-electron chi connectivity index (χ3n) is 5.29. The minimum Gasteiger partial charge on any atom is -0.497 e. The second-order valence-electron chi connectivity index (χ2n) is 7.33. The highest BCUT2D eigenvalue weighted by atomic mass is 32.2. The zero-order valence-electron chi connectivity index (χ0n) is 18.1. The van der Waals surface area contributed by atoms with E-state index in [1.165, 1.54) is 37.6 Å². The first-order chi connectivity index (χ1) is 15.8. The Kier molecular flexibility index (Phi) is 6.20. The van der Waals surface area contributed by atoms with E-state index in [0.29, 0.717) is 29.2 Å². The first-order valence-electron chi connectivity index (χ1n) is 10.3. The monoisotopic (exact) mass is 467 g/mol. The lowest BCUT2D eigenvalue weighted by Crippen LogP contribution is -2.20. The molecule has 8 heteroatoms. The van der Waals surface area contributed by atoms with Gasteiger partial charge >= 0.3 is 0 Å². The van der Waals surface area contributed by atoms with E-state index in [1.54, 1.807) is 47.0 Å². The number of pyridine rings is 1. The number of rotatable bonds is 7. The molecule has 0 amide bonds. The lowest BCUT2D eigenvalue weighted by atomic mass is 10.1. The topological polar surface area (TPSA) is 74.6 Å². The fourth-order valence-corrected chi connectivity index (χ4v) is 4.99. The van der Waals surface area contributed by atoms with Crippen LogP contribution >= 0.6 is 0 Å². The van der Waals surface area contributed by atoms with Gasteiger partial charge in [0.05, 0.1) is 36.1 Å². The van der Waals surface area contributed by atoms with Crippen LogP contribution in [0.4, 0.5) is 4.39 Å².